The van der Waals surface area contributed by atoms with Crippen LogP contribution in [0.25, 0.3) is 0 Å². The van der Waals surface area contributed by atoms with Gasteiger partial charge in [-0.3, -0.25) is 0 Å². The maximum absolute atomic E-state index is 12.4. The zero-order valence-corrected chi connectivity index (χ0v) is 12.5. The number of hydrogen-bond donors (Lipinski definition) is 0. The molecule has 20 heavy (non-hydrogen) atoms. The van der Waals surface area contributed by atoms with Crippen molar-refractivity contribution in [2.75, 3.05) is 6.61 Å². The molecule has 118 valence electrons. The van der Waals surface area contributed by atoms with E-state index in [4.69, 9.17) is 4.74 Å². The molecule has 2 unspecified atom stereocenters. The third-order valence-corrected chi connectivity index (χ3v) is 3.66. The van der Waals surface area contributed by atoms with Crippen molar-refractivity contribution in [3.8, 4) is 0 Å². The summed E-state index contributed by atoms with van der Waals surface area (Å²) in [6, 6.07) is -1.65. The first kappa shape index (κ1) is 17.3. The maximum Gasteiger partial charge on any atom is 0.414 e. The predicted octanol–water partition coefficient (Wildman–Crippen LogP) is 5.12. The molecule has 1 rings (SSSR count). The second-order valence-corrected chi connectivity index (χ2v) is 5.76. The van der Waals surface area contributed by atoms with Crippen molar-refractivity contribution in [1.82, 2.24) is 0 Å². The van der Waals surface area contributed by atoms with E-state index in [-0.39, 0.29) is 12.5 Å². The van der Waals surface area contributed by atoms with Gasteiger partial charge in [-0.1, -0.05) is 58.8 Å². The minimum Gasteiger partial charge on any atom is -0.478 e. The van der Waals surface area contributed by atoms with E-state index in [9.17, 15) is 13.2 Å². The molecule has 0 aliphatic carbocycles. The average molecular weight is 293 g/mol. The SMILES string of the molecule is CCCCCCCCC(C)CC1=NC(C(F)(F)F)CO1. The Labute approximate surface area is 119 Å². The van der Waals surface area contributed by atoms with Gasteiger partial charge in [0.05, 0.1) is 0 Å². The van der Waals surface area contributed by atoms with Crippen molar-refractivity contribution in [2.24, 2.45) is 10.9 Å². The van der Waals surface area contributed by atoms with Gasteiger partial charge in [0, 0.05) is 6.42 Å². The molecule has 0 bridgehead atoms. The normalized spacial score (nSPS) is 20.6. The van der Waals surface area contributed by atoms with Crippen LogP contribution in [-0.2, 0) is 4.74 Å². The summed E-state index contributed by atoms with van der Waals surface area (Å²) in [7, 11) is 0. The Hall–Kier alpha value is -0.740. The Morgan fingerprint density at radius 1 is 1.20 bits per heavy atom. The molecule has 5 heteroatoms. The van der Waals surface area contributed by atoms with Crippen LogP contribution in [0.5, 0.6) is 0 Å². The van der Waals surface area contributed by atoms with Crippen molar-refractivity contribution in [3.63, 3.8) is 0 Å². The second-order valence-electron chi connectivity index (χ2n) is 5.76. The molecule has 0 N–H and O–H groups in total. The molecule has 0 fully saturated rings. The lowest BCUT2D eigenvalue weighted by Crippen LogP contribution is -2.27. The molecule has 0 aromatic heterocycles. The van der Waals surface area contributed by atoms with Crippen LogP contribution in [0.1, 0.15) is 65.2 Å². The van der Waals surface area contributed by atoms with Crippen LogP contribution in [0.4, 0.5) is 13.2 Å². The van der Waals surface area contributed by atoms with Crippen LogP contribution >= 0.6 is 0 Å². The maximum atomic E-state index is 12.4. The summed E-state index contributed by atoms with van der Waals surface area (Å²) in [5, 5.41) is 0. The Kier molecular flexibility index (Phi) is 7.38. The van der Waals surface area contributed by atoms with E-state index < -0.39 is 12.2 Å². The number of ether oxygens (including phenoxy) is 1. The quantitative estimate of drug-likeness (QED) is 0.540. The van der Waals surface area contributed by atoms with E-state index >= 15 is 0 Å². The minimum atomic E-state index is -4.27. The van der Waals surface area contributed by atoms with Crippen molar-refractivity contribution in [2.45, 2.75) is 77.4 Å². The molecule has 1 aliphatic rings. The van der Waals surface area contributed by atoms with E-state index in [2.05, 4.69) is 18.8 Å². The Morgan fingerprint density at radius 3 is 2.45 bits per heavy atom. The number of unbranched alkanes of at least 4 members (excludes halogenated alkanes) is 5. The fraction of sp³-hybridized carbons (Fsp3) is 0.933. The molecule has 0 saturated heterocycles. The molecule has 0 spiro atoms. The van der Waals surface area contributed by atoms with Crippen LogP contribution < -0.4 is 0 Å². The van der Waals surface area contributed by atoms with E-state index in [1.807, 2.05) is 0 Å². The van der Waals surface area contributed by atoms with Crippen LogP contribution in [0.3, 0.4) is 0 Å². The fourth-order valence-electron chi connectivity index (χ4n) is 2.38. The number of aliphatic imine (C=N–C) groups is 1. The number of nitrogens with zero attached hydrogens (tertiary/aromatic N) is 1. The highest BCUT2D eigenvalue weighted by atomic mass is 19.4. The van der Waals surface area contributed by atoms with Gasteiger partial charge in [-0.25, -0.2) is 4.99 Å². The standard InChI is InChI=1S/C15H26F3NO/c1-3-4-5-6-7-8-9-12(2)10-14-19-13(11-20-14)15(16,17)18/h12-13H,3-11H2,1-2H3. The molecule has 0 aromatic rings. The second kappa shape index (κ2) is 8.53. The third kappa shape index (κ3) is 6.62. The molecule has 1 aliphatic heterocycles. The van der Waals surface area contributed by atoms with Gasteiger partial charge in [0.2, 0.25) is 0 Å². The summed E-state index contributed by atoms with van der Waals surface area (Å²) in [6.45, 7) is 3.90. The van der Waals surface area contributed by atoms with Crippen molar-refractivity contribution in [3.05, 3.63) is 0 Å². The smallest absolute Gasteiger partial charge is 0.414 e. The first-order chi connectivity index (χ1) is 9.43. The van der Waals surface area contributed by atoms with E-state index in [1.54, 1.807) is 0 Å². The number of rotatable bonds is 9. The summed E-state index contributed by atoms with van der Waals surface area (Å²) in [5.41, 5.74) is 0. The zero-order chi connectivity index (χ0) is 15.0. The largest absolute Gasteiger partial charge is 0.478 e. The van der Waals surface area contributed by atoms with Gasteiger partial charge < -0.3 is 4.74 Å². The molecule has 2 nitrogen and oxygen atoms in total. The van der Waals surface area contributed by atoms with Gasteiger partial charge in [-0.15, -0.1) is 0 Å². The highest BCUT2D eigenvalue weighted by Gasteiger charge is 2.43. The van der Waals surface area contributed by atoms with Crippen molar-refractivity contribution >= 4 is 5.90 Å². The lowest BCUT2D eigenvalue weighted by molar-refractivity contribution is -0.149. The highest BCUT2D eigenvalue weighted by Crippen LogP contribution is 2.28. The lowest BCUT2D eigenvalue weighted by Gasteiger charge is -2.10. The molecular weight excluding hydrogens is 267 g/mol. The van der Waals surface area contributed by atoms with Crippen LogP contribution in [0.2, 0.25) is 0 Å². The summed E-state index contributed by atoms with van der Waals surface area (Å²) in [4.78, 5) is 3.64. The Balaban J connectivity index is 2.15. The van der Waals surface area contributed by atoms with Gasteiger partial charge in [0.15, 0.2) is 11.9 Å². The summed E-state index contributed by atoms with van der Waals surface area (Å²) in [6.07, 6.45) is 4.72. The fourth-order valence-corrected chi connectivity index (χ4v) is 2.38. The van der Waals surface area contributed by atoms with Gasteiger partial charge in [-0.2, -0.15) is 13.2 Å². The van der Waals surface area contributed by atoms with Crippen molar-refractivity contribution < 1.29 is 17.9 Å². The van der Waals surface area contributed by atoms with Gasteiger partial charge in [0.1, 0.15) is 6.61 Å². The van der Waals surface area contributed by atoms with Crippen LogP contribution in [0.15, 0.2) is 4.99 Å². The van der Waals surface area contributed by atoms with Crippen LogP contribution in [0, 0.1) is 5.92 Å². The molecule has 2 atom stereocenters. The Morgan fingerprint density at radius 2 is 1.85 bits per heavy atom. The summed E-state index contributed by atoms with van der Waals surface area (Å²) in [5.74, 6) is 0.623. The van der Waals surface area contributed by atoms with Crippen molar-refractivity contribution in [1.29, 1.82) is 0 Å². The van der Waals surface area contributed by atoms with Gasteiger partial charge in [0.25, 0.3) is 0 Å². The number of alkyl halides is 3. The summed E-state index contributed by atoms with van der Waals surface area (Å²) >= 11 is 0. The molecule has 1 heterocycles. The first-order valence-corrected chi connectivity index (χ1v) is 7.69. The molecule has 0 aromatic carbocycles. The lowest BCUT2D eigenvalue weighted by atomic mass is 9.99. The topological polar surface area (TPSA) is 21.6 Å². The van der Waals surface area contributed by atoms with Gasteiger partial charge in [-0.05, 0) is 5.92 Å². The monoisotopic (exact) mass is 293 g/mol. The number of halogens is 3. The minimum absolute atomic E-state index is 0.283. The Bertz CT molecular complexity index is 302. The first-order valence-electron chi connectivity index (χ1n) is 7.69. The number of hydrogen-bond acceptors (Lipinski definition) is 2. The predicted molar refractivity (Wildman–Crippen MR) is 75.0 cm³/mol. The molecule has 0 amide bonds. The zero-order valence-electron chi connectivity index (χ0n) is 12.5. The summed E-state index contributed by atoms with van der Waals surface area (Å²) < 4.78 is 42.4. The highest BCUT2D eigenvalue weighted by molar-refractivity contribution is 5.78. The third-order valence-electron chi connectivity index (χ3n) is 3.66. The van der Waals surface area contributed by atoms with E-state index in [0.29, 0.717) is 12.3 Å². The van der Waals surface area contributed by atoms with Crippen LogP contribution in [-0.4, -0.2) is 24.7 Å². The molecule has 0 saturated carbocycles. The van der Waals surface area contributed by atoms with Gasteiger partial charge >= 0.3 is 6.18 Å². The van der Waals surface area contributed by atoms with E-state index in [1.165, 1.54) is 32.1 Å². The van der Waals surface area contributed by atoms with E-state index in [0.717, 1.165) is 12.8 Å². The average Bonchev–Trinajstić information content (AvgIpc) is 2.82. The molecule has 0 radical (unpaired) electrons. The molecular formula is C15H26F3NO.